The lowest BCUT2D eigenvalue weighted by atomic mass is 10.1. The normalized spacial score (nSPS) is 10.4. The average Bonchev–Trinajstić information content (AvgIpc) is 2.61. The Kier molecular flexibility index (Phi) is 8.06. The van der Waals surface area contributed by atoms with E-state index in [2.05, 4.69) is 29.1 Å². The van der Waals surface area contributed by atoms with E-state index in [1.807, 2.05) is 6.92 Å². The van der Waals surface area contributed by atoms with Gasteiger partial charge >= 0.3 is 0 Å². The van der Waals surface area contributed by atoms with Crippen molar-refractivity contribution in [2.24, 2.45) is 0 Å². The molecular formula is C17H26Cl2N6. The summed E-state index contributed by atoms with van der Waals surface area (Å²) in [6.45, 7) is 8.04. The molecule has 0 spiro atoms. The lowest BCUT2D eigenvalue weighted by Gasteiger charge is -2.19. The number of halogens is 2. The maximum absolute atomic E-state index is 6.00. The topological polar surface area (TPSA) is 116 Å². The molecule has 0 amide bonds. The van der Waals surface area contributed by atoms with Crippen LogP contribution in [0.2, 0.25) is 10.0 Å². The first kappa shape index (κ1) is 21.1. The van der Waals surface area contributed by atoms with E-state index in [4.69, 9.17) is 40.4 Å². The van der Waals surface area contributed by atoms with Gasteiger partial charge in [-0.3, -0.25) is 0 Å². The minimum Gasteiger partial charge on any atom is -0.395 e. The van der Waals surface area contributed by atoms with Gasteiger partial charge in [0.05, 0.1) is 21.4 Å². The molecule has 7 N–H and O–H groups in total. The molecule has 2 aromatic heterocycles. The highest BCUT2D eigenvalue weighted by Gasteiger charge is 2.11. The molecule has 2 heterocycles. The first-order valence-electron chi connectivity index (χ1n) is 8.05. The highest BCUT2D eigenvalue weighted by Crippen LogP contribution is 2.28. The fourth-order valence-corrected chi connectivity index (χ4v) is 2.39. The Bertz CT molecular complexity index is 690. The Morgan fingerprint density at radius 1 is 0.920 bits per heavy atom. The van der Waals surface area contributed by atoms with Crippen molar-refractivity contribution in [2.45, 2.75) is 46.6 Å². The summed E-state index contributed by atoms with van der Waals surface area (Å²) in [6, 6.07) is 0.422. The van der Waals surface area contributed by atoms with Gasteiger partial charge in [0.25, 0.3) is 0 Å². The lowest BCUT2D eigenvalue weighted by molar-refractivity contribution is 0.671. The number of anilines is 4. The average molecular weight is 385 g/mol. The number of hydrogen-bond donors (Lipinski definition) is 4. The SMILES string of the molecule is CCC(CC)Nc1c(N)ncc(Cl)c1C.Cc1c(Cl)cnc(N)c1N. The second kappa shape index (κ2) is 9.53. The lowest BCUT2D eigenvalue weighted by Crippen LogP contribution is -2.19. The molecule has 0 aromatic carbocycles. The van der Waals surface area contributed by atoms with Gasteiger partial charge in [-0.25, -0.2) is 9.97 Å². The van der Waals surface area contributed by atoms with E-state index < -0.39 is 0 Å². The van der Waals surface area contributed by atoms with E-state index >= 15 is 0 Å². The molecule has 2 aromatic rings. The number of nitrogen functional groups attached to an aromatic ring is 3. The number of nitrogens with one attached hydrogen (secondary N) is 1. The van der Waals surface area contributed by atoms with Crippen LogP contribution in [0.1, 0.15) is 37.8 Å². The highest BCUT2D eigenvalue weighted by atomic mass is 35.5. The summed E-state index contributed by atoms with van der Waals surface area (Å²) in [5.74, 6) is 0.853. The predicted octanol–water partition coefficient (Wildman–Crippen LogP) is 4.43. The van der Waals surface area contributed by atoms with E-state index in [9.17, 15) is 0 Å². The number of pyridine rings is 2. The molecule has 0 radical (unpaired) electrons. The number of nitrogens with zero attached hydrogens (tertiary/aromatic N) is 2. The van der Waals surface area contributed by atoms with Crippen molar-refractivity contribution in [2.75, 3.05) is 22.5 Å². The third kappa shape index (κ3) is 5.54. The number of rotatable bonds is 4. The van der Waals surface area contributed by atoms with Crippen LogP contribution in [0.4, 0.5) is 23.0 Å². The summed E-state index contributed by atoms with van der Waals surface area (Å²) in [5.41, 5.74) is 19.8. The Balaban J connectivity index is 0.000000271. The predicted molar refractivity (Wildman–Crippen MR) is 109 cm³/mol. The monoisotopic (exact) mass is 384 g/mol. The van der Waals surface area contributed by atoms with Crippen molar-refractivity contribution >= 4 is 46.2 Å². The molecular weight excluding hydrogens is 359 g/mol. The van der Waals surface area contributed by atoms with Crippen molar-refractivity contribution in [1.82, 2.24) is 9.97 Å². The van der Waals surface area contributed by atoms with Gasteiger partial charge in [0.15, 0.2) is 0 Å². The van der Waals surface area contributed by atoms with Crippen molar-refractivity contribution < 1.29 is 0 Å². The summed E-state index contributed by atoms with van der Waals surface area (Å²) in [4.78, 5) is 7.80. The molecule has 2 rings (SSSR count). The van der Waals surface area contributed by atoms with Gasteiger partial charge in [0.2, 0.25) is 0 Å². The fourth-order valence-electron chi connectivity index (χ4n) is 2.09. The third-order valence-corrected chi connectivity index (χ3v) is 4.76. The van der Waals surface area contributed by atoms with Crippen molar-refractivity contribution in [3.05, 3.63) is 33.6 Å². The molecule has 0 aliphatic heterocycles. The van der Waals surface area contributed by atoms with E-state index in [0.29, 0.717) is 33.4 Å². The van der Waals surface area contributed by atoms with Gasteiger partial charge in [-0.15, -0.1) is 0 Å². The van der Waals surface area contributed by atoms with E-state index in [1.165, 1.54) is 6.20 Å². The van der Waals surface area contributed by atoms with Crippen LogP contribution < -0.4 is 22.5 Å². The van der Waals surface area contributed by atoms with Crippen molar-refractivity contribution in [3.63, 3.8) is 0 Å². The fraction of sp³-hybridized carbons (Fsp3) is 0.412. The van der Waals surface area contributed by atoms with Crippen LogP contribution in [0, 0.1) is 13.8 Å². The summed E-state index contributed by atoms with van der Waals surface area (Å²) >= 11 is 11.7. The smallest absolute Gasteiger partial charge is 0.147 e. The molecule has 0 saturated carbocycles. The molecule has 25 heavy (non-hydrogen) atoms. The van der Waals surface area contributed by atoms with Crippen LogP contribution in [-0.4, -0.2) is 16.0 Å². The Labute approximate surface area is 159 Å². The maximum atomic E-state index is 6.00. The molecule has 0 aliphatic carbocycles. The largest absolute Gasteiger partial charge is 0.395 e. The van der Waals surface area contributed by atoms with Crippen LogP contribution >= 0.6 is 23.2 Å². The second-order valence-corrected chi connectivity index (χ2v) is 6.49. The molecule has 0 fully saturated rings. The molecule has 0 aliphatic rings. The van der Waals surface area contributed by atoms with Crippen LogP contribution in [0.3, 0.4) is 0 Å². The minimum absolute atomic E-state index is 0.335. The summed E-state index contributed by atoms with van der Waals surface area (Å²) < 4.78 is 0. The number of hydrogen-bond acceptors (Lipinski definition) is 6. The van der Waals surface area contributed by atoms with Crippen LogP contribution in [0.5, 0.6) is 0 Å². The Hall–Kier alpha value is -1.92. The quantitative estimate of drug-likeness (QED) is 0.619. The van der Waals surface area contributed by atoms with E-state index in [1.54, 1.807) is 13.1 Å². The molecule has 138 valence electrons. The first-order valence-corrected chi connectivity index (χ1v) is 8.81. The zero-order chi connectivity index (χ0) is 19.1. The number of aromatic nitrogens is 2. The molecule has 0 unspecified atom stereocenters. The van der Waals surface area contributed by atoms with Gasteiger partial charge in [-0.1, -0.05) is 37.0 Å². The maximum Gasteiger partial charge on any atom is 0.147 e. The van der Waals surface area contributed by atoms with Gasteiger partial charge in [0.1, 0.15) is 11.6 Å². The van der Waals surface area contributed by atoms with Gasteiger partial charge in [-0.2, -0.15) is 0 Å². The second-order valence-electron chi connectivity index (χ2n) is 5.68. The van der Waals surface area contributed by atoms with E-state index in [-0.39, 0.29) is 0 Å². The molecule has 8 heteroatoms. The van der Waals surface area contributed by atoms with Crippen LogP contribution in [0.25, 0.3) is 0 Å². The zero-order valence-electron chi connectivity index (χ0n) is 15.0. The molecule has 0 atom stereocenters. The molecule has 6 nitrogen and oxygen atoms in total. The van der Waals surface area contributed by atoms with E-state index in [0.717, 1.165) is 29.7 Å². The number of nitrogens with two attached hydrogens (primary N) is 3. The Morgan fingerprint density at radius 2 is 1.40 bits per heavy atom. The summed E-state index contributed by atoms with van der Waals surface area (Å²) in [6.07, 6.45) is 5.19. The van der Waals surface area contributed by atoms with Gasteiger partial charge in [-0.05, 0) is 37.8 Å². The van der Waals surface area contributed by atoms with Crippen LogP contribution in [0.15, 0.2) is 12.4 Å². The van der Waals surface area contributed by atoms with Crippen molar-refractivity contribution in [3.8, 4) is 0 Å². The highest BCUT2D eigenvalue weighted by molar-refractivity contribution is 6.32. The summed E-state index contributed by atoms with van der Waals surface area (Å²) in [7, 11) is 0. The molecule has 0 saturated heterocycles. The van der Waals surface area contributed by atoms with Crippen molar-refractivity contribution in [1.29, 1.82) is 0 Å². The van der Waals surface area contributed by atoms with Gasteiger partial charge in [0, 0.05) is 18.4 Å². The van der Waals surface area contributed by atoms with Crippen LogP contribution in [-0.2, 0) is 0 Å². The van der Waals surface area contributed by atoms with Gasteiger partial charge < -0.3 is 22.5 Å². The standard InChI is InChI=1S/C11H18ClN3.C6H8ClN3/c1-4-8(5-2)15-10-7(3)9(12)6-14-11(10)13;1-3-4(7)2-10-6(9)5(3)8/h6,8,15H,4-5H2,1-3H3,(H2,13,14);2H,8H2,1H3,(H2,9,10). The Morgan fingerprint density at radius 3 is 1.88 bits per heavy atom. The molecule has 0 bridgehead atoms. The third-order valence-electron chi connectivity index (χ3n) is 4.00. The summed E-state index contributed by atoms with van der Waals surface area (Å²) in [5, 5.41) is 4.58. The minimum atomic E-state index is 0.335. The zero-order valence-corrected chi connectivity index (χ0v) is 16.5. The first-order chi connectivity index (χ1) is 11.7.